The Bertz CT molecular complexity index is 221. The van der Waals surface area contributed by atoms with Gasteiger partial charge in [-0.05, 0) is 18.6 Å². The van der Waals surface area contributed by atoms with E-state index in [9.17, 15) is 0 Å². The molecular weight excluding hydrogens is 160 g/mol. The lowest BCUT2D eigenvalue weighted by Crippen LogP contribution is -1.99. The van der Waals surface area contributed by atoms with Crippen molar-refractivity contribution < 1.29 is 4.74 Å². The molecule has 0 bridgehead atoms. The molecule has 1 heterocycles. The maximum absolute atomic E-state index is 5.19. The molecule has 0 aromatic carbocycles. The topological polar surface area (TPSA) is 9.23 Å². The summed E-state index contributed by atoms with van der Waals surface area (Å²) < 4.78 is 5.19. The summed E-state index contributed by atoms with van der Waals surface area (Å²) in [7, 11) is 0. The summed E-state index contributed by atoms with van der Waals surface area (Å²) in [5.41, 5.74) is 1.20. The SMILES string of the molecule is C=C/C=C\C=C1\C=COC1C.CC. The number of allylic oxidation sites excluding steroid dienone is 4. The standard InChI is InChI=1S/C10H12O.C2H6/c1-3-4-5-6-10-7-8-11-9(10)2;1-2/h3-9H,1H2,2H3;1-2H3/b5-4-,10-6-;. The van der Waals surface area contributed by atoms with Gasteiger partial charge in [-0.1, -0.05) is 44.7 Å². The highest BCUT2D eigenvalue weighted by Gasteiger charge is 2.09. The van der Waals surface area contributed by atoms with Crippen LogP contribution < -0.4 is 0 Å². The third kappa shape index (κ3) is 4.36. The average molecular weight is 178 g/mol. The van der Waals surface area contributed by atoms with Gasteiger partial charge in [0, 0.05) is 0 Å². The van der Waals surface area contributed by atoms with Gasteiger partial charge in [0.25, 0.3) is 0 Å². The molecule has 0 amide bonds. The zero-order chi connectivity index (χ0) is 10.1. The summed E-state index contributed by atoms with van der Waals surface area (Å²) in [6.45, 7) is 9.60. The van der Waals surface area contributed by atoms with Crippen LogP contribution in [0.5, 0.6) is 0 Å². The van der Waals surface area contributed by atoms with E-state index in [0.29, 0.717) is 0 Å². The molecule has 1 nitrogen and oxygen atoms in total. The third-order valence-electron chi connectivity index (χ3n) is 1.55. The van der Waals surface area contributed by atoms with Crippen LogP contribution in [0.15, 0.2) is 48.8 Å². The van der Waals surface area contributed by atoms with E-state index >= 15 is 0 Å². The summed E-state index contributed by atoms with van der Waals surface area (Å²) in [5.74, 6) is 0. The highest BCUT2D eigenvalue weighted by Crippen LogP contribution is 2.15. The first kappa shape index (κ1) is 11.8. The predicted molar refractivity (Wildman–Crippen MR) is 58.5 cm³/mol. The van der Waals surface area contributed by atoms with Crippen LogP contribution in [0, 0.1) is 0 Å². The second kappa shape index (κ2) is 7.41. The summed E-state index contributed by atoms with van der Waals surface area (Å²) in [6.07, 6.45) is 11.5. The lowest BCUT2D eigenvalue weighted by Gasteiger charge is -2.02. The van der Waals surface area contributed by atoms with Crippen molar-refractivity contribution in [3.8, 4) is 0 Å². The average Bonchev–Trinajstić information content (AvgIpc) is 2.56. The van der Waals surface area contributed by atoms with Crippen LogP contribution in [-0.2, 0) is 4.74 Å². The lowest BCUT2D eigenvalue weighted by molar-refractivity contribution is 0.214. The van der Waals surface area contributed by atoms with Gasteiger partial charge in [0.1, 0.15) is 6.10 Å². The Labute approximate surface area is 81.1 Å². The zero-order valence-electron chi connectivity index (χ0n) is 8.66. The van der Waals surface area contributed by atoms with Gasteiger partial charge in [0.15, 0.2) is 0 Å². The van der Waals surface area contributed by atoms with E-state index in [1.807, 2.05) is 45.1 Å². The summed E-state index contributed by atoms with van der Waals surface area (Å²) in [6, 6.07) is 0. The van der Waals surface area contributed by atoms with Gasteiger partial charge in [-0.2, -0.15) is 0 Å². The number of hydrogen-bond acceptors (Lipinski definition) is 1. The highest BCUT2D eigenvalue weighted by molar-refractivity contribution is 5.30. The van der Waals surface area contributed by atoms with E-state index in [-0.39, 0.29) is 6.10 Å². The minimum absolute atomic E-state index is 0.199. The molecule has 72 valence electrons. The minimum atomic E-state index is 0.199. The molecule has 1 aliphatic rings. The molecule has 0 spiro atoms. The van der Waals surface area contributed by atoms with Crippen molar-refractivity contribution in [3.63, 3.8) is 0 Å². The fraction of sp³-hybridized carbons (Fsp3) is 0.333. The van der Waals surface area contributed by atoms with E-state index < -0.39 is 0 Å². The molecule has 0 aromatic heterocycles. The molecule has 0 radical (unpaired) electrons. The van der Waals surface area contributed by atoms with Crippen molar-refractivity contribution in [2.24, 2.45) is 0 Å². The Kier molecular flexibility index (Phi) is 6.70. The smallest absolute Gasteiger partial charge is 0.120 e. The van der Waals surface area contributed by atoms with Gasteiger partial charge < -0.3 is 4.74 Å². The van der Waals surface area contributed by atoms with Crippen molar-refractivity contribution in [3.05, 3.63) is 48.8 Å². The number of ether oxygens (including phenoxy) is 1. The molecule has 0 aliphatic carbocycles. The summed E-state index contributed by atoms with van der Waals surface area (Å²) in [4.78, 5) is 0. The normalized spacial score (nSPS) is 22.7. The first-order chi connectivity index (χ1) is 6.34. The molecule has 1 atom stereocenters. The van der Waals surface area contributed by atoms with E-state index in [1.165, 1.54) is 5.57 Å². The van der Waals surface area contributed by atoms with Crippen LogP contribution in [0.4, 0.5) is 0 Å². The molecule has 1 aliphatic heterocycles. The van der Waals surface area contributed by atoms with Gasteiger partial charge in [-0.15, -0.1) is 0 Å². The van der Waals surface area contributed by atoms with Crippen molar-refractivity contribution in [1.82, 2.24) is 0 Å². The van der Waals surface area contributed by atoms with E-state index in [1.54, 1.807) is 12.3 Å². The summed E-state index contributed by atoms with van der Waals surface area (Å²) >= 11 is 0. The molecule has 13 heavy (non-hydrogen) atoms. The Balaban J connectivity index is 0.000000671. The van der Waals surface area contributed by atoms with Gasteiger partial charge in [-0.25, -0.2) is 0 Å². The maximum Gasteiger partial charge on any atom is 0.120 e. The van der Waals surface area contributed by atoms with E-state index in [0.717, 1.165) is 0 Å². The molecule has 0 fully saturated rings. The quantitative estimate of drug-likeness (QED) is 0.587. The van der Waals surface area contributed by atoms with Crippen molar-refractivity contribution >= 4 is 0 Å². The van der Waals surface area contributed by atoms with Gasteiger partial charge in [-0.3, -0.25) is 0 Å². The van der Waals surface area contributed by atoms with E-state index in [2.05, 4.69) is 6.58 Å². The van der Waals surface area contributed by atoms with Crippen molar-refractivity contribution in [2.45, 2.75) is 26.9 Å². The van der Waals surface area contributed by atoms with Crippen LogP contribution >= 0.6 is 0 Å². The molecule has 1 heteroatoms. The van der Waals surface area contributed by atoms with Gasteiger partial charge >= 0.3 is 0 Å². The van der Waals surface area contributed by atoms with Gasteiger partial charge in [0.2, 0.25) is 0 Å². The molecule has 0 aromatic rings. The summed E-state index contributed by atoms with van der Waals surface area (Å²) in [5, 5.41) is 0. The zero-order valence-corrected chi connectivity index (χ0v) is 8.66. The Morgan fingerprint density at radius 3 is 2.54 bits per heavy atom. The van der Waals surface area contributed by atoms with Crippen LogP contribution in [0.3, 0.4) is 0 Å². The predicted octanol–water partition coefficient (Wildman–Crippen LogP) is 3.61. The molecule has 0 saturated heterocycles. The molecule has 0 N–H and O–H groups in total. The van der Waals surface area contributed by atoms with Crippen LogP contribution in [-0.4, -0.2) is 6.10 Å². The van der Waals surface area contributed by atoms with Crippen LogP contribution in [0.25, 0.3) is 0 Å². The largest absolute Gasteiger partial charge is 0.494 e. The highest BCUT2D eigenvalue weighted by atomic mass is 16.5. The van der Waals surface area contributed by atoms with Gasteiger partial charge in [0.05, 0.1) is 6.26 Å². The monoisotopic (exact) mass is 178 g/mol. The lowest BCUT2D eigenvalue weighted by atomic mass is 10.1. The number of rotatable bonds is 2. The third-order valence-corrected chi connectivity index (χ3v) is 1.55. The molecule has 1 unspecified atom stereocenters. The first-order valence-corrected chi connectivity index (χ1v) is 4.66. The fourth-order valence-corrected chi connectivity index (χ4v) is 0.886. The molecule has 0 saturated carbocycles. The van der Waals surface area contributed by atoms with Crippen LogP contribution in [0.2, 0.25) is 0 Å². The molecular formula is C12H18O. The van der Waals surface area contributed by atoms with E-state index in [4.69, 9.17) is 4.74 Å². The van der Waals surface area contributed by atoms with Crippen molar-refractivity contribution in [2.75, 3.05) is 0 Å². The Morgan fingerprint density at radius 2 is 2.08 bits per heavy atom. The van der Waals surface area contributed by atoms with Crippen molar-refractivity contribution in [1.29, 1.82) is 0 Å². The Morgan fingerprint density at radius 1 is 1.38 bits per heavy atom. The Hall–Kier alpha value is -1.24. The molecule has 1 rings (SSSR count). The fourth-order valence-electron chi connectivity index (χ4n) is 0.886. The first-order valence-electron chi connectivity index (χ1n) is 4.66. The maximum atomic E-state index is 5.19. The second-order valence-electron chi connectivity index (χ2n) is 2.37. The second-order valence-corrected chi connectivity index (χ2v) is 2.37. The minimum Gasteiger partial charge on any atom is -0.494 e. The number of hydrogen-bond donors (Lipinski definition) is 0. The van der Waals surface area contributed by atoms with Crippen LogP contribution in [0.1, 0.15) is 20.8 Å².